The molecule has 0 saturated heterocycles. The number of nitro benzene ring substituents is 1. The molecule has 1 amide bonds. The Morgan fingerprint density at radius 2 is 1.73 bits per heavy atom. The highest BCUT2D eigenvalue weighted by Gasteiger charge is 2.19. The molecule has 11 heteroatoms. The number of hydrogen-bond donors (Lipinski definition) is 1. The van der Waals surface area contributed by atoms with Crippen molar-refractivity contribution in [1.29, 1.82) is 5.26 Å². The Kier molecular flexibility index (Phi) is 8.64. The lowest BCUT2D eigenvalue weighted by molar-refractivity contribution is -0.384. The minimum atomic E-state index is -0.843. The fraction of sp³-hybridized carbons (Fsp3) is 0.0690. The zero-order valence-electron chi connectivity index (χ0n) is 20.8. The summed E-state index contributed by atoms with van der Waals surface area (Å²) in [7, 11) is 0. The maximum atomic E-state index is 13.0. The number of amides is 1. The molecule has 40 heavy (non-hydrogen) atoms. The lowest BCUT2D eigenvalue weighted by Gasteiger charge is -2.13. The molecule has 0 aromatic heterocycles. The number of hydrogen-bond acceptors (Lipinski definition) is 7. The van der Waals surface area contributed by atoms with E-state index in [0.717, 1.165) is 22.9 Å². The van der Waals surface area contributed by atoms with Gasteiger partial charge in [-0.1, -0.05) is 65.7 Å². The Balaban J connectivity index is 1.59. The maximum Gasteiger partial charge on any atom is 0.344 e. The molecular formula is C29H19Cl2N3O6. The number of rotatable bonds is 8. The summed E-state index contributed by atoms with van der Waals surface area (Å²) in [5.74, 6) is -1.03. The minimum Gasteiger partial charge on any atom is -0.490 e. The SMILES string of the molecule is CCOc1cc(/C=C(\C#N)C(=O)Nc2c(Cl)cc([N+](=O)[O-])cc2Cl)ccc1OC(=O)c1cccc2ccccc12. The molecule has 200 valence electrons. The molecule has 0 radical (unpaired) electrons. The van der Waals surface area contributed by atoms with Crippen LogP contribution < -0.4 is 14.8 Å². The van der Waals surface area contributed by atoms with Crippen LogP contribution in [0.3, 0.4) is 0 Å². The smallest absolute Gasteiger partial charge is 0.344 e. The zero-order valence-corrected chi connectivity index (χ0v) is 22.3. The molecule has 0 atom stereocenters. The number of halogens is 2. The maximum absolute atomic E-state index is 13.0. The van der Waals surface area contributed by atoms with Gasteiger partial charge in [0.15, 0.2) is 11.5 Å². The number of esters is 1. The van der Waals surface area contributed by atoms with Crippen molar-refractivity contribution in [3.8, 4) is 17.6 Å². The number of anilines is 1. The van der Waals surface area contributed by atoms with E-state index < -0.39 is 16.8 Å². The van der Waals surface area contributed by atoms with Gasteiger partial charge in [0, 0.05) is 12.1 Å². The Bertz CT molecular complexity index is 1700. The summed E-state index contributed by atoms with van der Waals surface area (Å²) in [5.41, 5.74) is 0.0467. The molecule has 0 fully saturated rings. The van der Waals surface area contributed by atoms with Crippen LogP contribution in [0.15, 0.2) is 78.4 Å². The van der Waals surface area contributed by atoms with Crippen molar-refractivity contribution in [1.82, 2.24) is 0 Å². The number of nitrogens with zero attached hydrogens (tertiary/aromatic N) is 2. The number of nitriles is 1. The van der Waals surface area contributed by atoms with Crippen LogP contribution in [-0.2, 0) is 4.79 Å². The third kappa shape index (κ3) is 6.21. The molecule has 0 saturated carbocycles. The first-order valence-corrected chi connectivity index (χ1v) is 12.5. The lowest BCUT2D eigenvalue weighted by atomic mass is 10.0. The molecule has 4 aromatic carbocycles. The van der Waals surface area contributed by atoms with Crippen LogP contribution >= 0.6 is 23.2 Å². The Morgan fingerprint density at radius 3 is 2.40 bits per heavy atom. The third-order valence-electron chi connectivity index (χ3n) is 5.63. The van der Waals surface area contributed by atoms with Crippen molar-refractivity contribution >= 4 is 63.3 Å². The number of carbonyl (C=O) groups is 2. The van der Waals surface area contributed by atoms with Crippen molar-refractivity contribution in [2.45, 2.75) is 6.92 Å². The van der Waals surface area contributed by atoms with Gasteiger partial charge in [-0.2, -0.15) is 5.26 Å². The molecule has 0 unspecified atom stereocenters. The first-order valence-electron chi connectivity index (χ1n) is 11.7. The van der Waals surface area contributed by atoms with Gasteiger partial charge in [0.1, 0.15) is 11.6 Å². The van der Waals surface area contributed by atoms with Crippen LogP contribution in [-0.4, -0.2) is 23.4 Å². The van der Waals surface area contributed by atoms with E-state index in [0.29, 0.717) is 11.1 Å². The van der Waals surface area contributed by atoms with Gasteiger partial charge in [0.25, 0.3) is 11.6 Å². The summed E-state index contributed by atoms with van der Waals surface area (Å²) in [6.07, 6.45) is 1.29. The molecule has 4 aromatic rings. The minimum absolute atomic E-state index is 0.0780. The number of nitro groups is 1. The lowest BCUT2D eigenvalue weighted by Crippen LogP contribution is -2.14. The van der Waals surface area contributed by atoms with Crippen molar-refractivity contribution < 1.29 is 24.0 Å². The van der Waals surface area contributed by atoms with Crippen LogP contribution in [0, 0.1) is 21.4 Å². The Labute approximate surface area is 238 Å². The van der Waals surface area contributed by atoms with E-state index in [2.05, 4.69) is 5.32 Å². The van der Waals surface area contributed by atoms with Crippen molar-refractivity contribution in [3.63, 3.8) is 0 Å². The van der Waals surface area contributed by atoms with Crippen LogP contribution in [0.25, 0.3) is 16.8 Å². The second kappa shape index (κ2) is 12.3. The molecule has 9 nitrogen and oxygen atoms in total. The third-order valence-corrected chi connectivity index (χ3v) is 6.23. The van der Waals surface area contributed by atoms with E-state index in [-0.39, 0.29) is 45.1 Å². The van der Waals surface area contributed by atoms with Gasteiger partial charge in [-0.3, -0.25) is 14.9 Å². The van der Waals surface area contributed by atoms with Gasteiger partial charge in [-0.25, -0.2) is 4.79 Å². The summed E-state index contributed by atoms with van der Waals surface area (Å²) in [5, 5.41) is 24.3. The first-order chi connectivity index (χ1) is 19.2. The summed E-state index contributed by atoms with van der Waals surface area (Å²) in [4.78, 5) is 36.1. The van der Waals surface area contributed by atoms with Crippen LogP contribution in [0.2, 0.25) is 10.0 Å². The van der Waals surface area contributed by atoms with Crippen molar-refractivity contribution in [2.24, 2.45) is 0 Å². The summed E-state index contributed by atoms with van der Waals surface area (Å²) >= 11 is 12.1. The molecule has 0 heterocycles. The molecule has 0 aliphatic heterocycles. The summed E-state index contributed by atoms with van der Waals surface area (Å²) < 4.78 is 11.3. The second-order valence-corrected chi connectivity index (χ2v) is 9.04. The predicted octanol–water partition coefficient (Wildman–Crippen LogP) is 7.22. The fourth-order valence-electron chi connectivity index (χ4n) is 3.81. The van der Waals surface area contributed by atoms with E-state index in [1.54, 1.807) is 31.2 Å². The van der Waals surface area contributed by atoms with Gasteiger partial charge < -0.3 is 14.8 Å². The highest BCUT2D eigenvalue weighted by atomic mass is 35.5. The zero-order chi connectivity index (χ0) is 28.8. The highest BCUT2D eigenvalue weighted by molar-refractivity contribution is 6.40. The van der Waals surface area contributed by atoms with Crippen LogP contribution in [0.4, 0.5) is 11.4 Å². The average molecular weight is 576 g/mol. The molecule has 0 aliphatic rings. The molecule has 1 N–H and O–H groups in total. The molecule has 0 bridgehead atoms. The van der Waals surface area contributed by atoms with Gasteiger partial charge in [0.05, 0.1) is 32.8 Å². The molecule has 0 aliphatic carbocycles. The van der Waals surface area contributed by atoms with Gasteiger partial charge >= 0.3 is 5.97 Å². The van der Waals surface area contributed by atoms with E-state index in [1.807, 2.05) is 30.3 Å². The molecule has 4 rings (SSSR count). The number of carbonyl (C=O) groups excluding carboxylic acids is 2. The molecular weight excluding hydrogens is 557 g/mol. The number of non-ortho nitro benzene ring substituents is 1. The molecule has 0 spiro atoms. The second-order valence-electron chi connectivity index (χ2n) is 8.22. The van der Waals surface area contributed by atoms with Crippen molar-refractivity contribution in [3.05, 3.63) is 110 Å². The summed E-state index contributed by atoms with van der Waals surface area (Å²) in [6, 6.07) is 21.2. The quantitative estimate of drug-likeness (QED) is 0.0585. The first kappa shape index (κ1) is 28.1. The average Bonchev–Trinajstić information content (AvgIpc) is 2.94. The number of fused-ring (bicyclic) bond motifs is 1. The number of benzene rings is 4. The largest absolute Gasteiger partial charge is 0.490 e. The van der Waals surface area contributed by atoms with Crippen LogP contribution in [0.1, 0.15) is 22.8 Å². The van der Waals surface area contributed by atoms with Gasteiger partial charge in [-0.15, -0.1) is 0 Å². The van der Waals surface area contributed by atoms with E-state index in [4.69, 9.17) is 32.7 Å². The standard InChI is InChI=1S/C29H19Cl2N3O6/c1-2-39-26-13-17(10-11-25(26)40-29(36)22-9-5-7-18-6-3-4-8-21(18)22)12-19(16-32)28(35)33-27-23(30)14-20(34(37)38)15-24(27)31/h3-15H,2H2,1H3,(H,33,35)/b19-12+. The van der Waals surface area contributed by atoms with E-state index >= 15 is 0 Å². The Morgan fingerprint density at radius 1 is 1.02 bits per heavy atom. The van der Waals surface area contributed by atoms with Crippen molar-refractivity contribution in [2.75, 3.05) is 11.9 Å². The monoisotopic (exact) mass is 575 g/mol. The highest BCUT2D eigenvalue weighted by Crippen LogP contribution is 2.35. The Hall–Kier alpha value is -4.91. The number of ether oxygens (including phenoxy) is 2. The van der Waals surface area contributed by atoms with Gasteiger partial charge in [-0.05, 0) is 47.5 Å². The van der Waals surface area contributed by atoms with Crippen LogP contribution in [0.5, 0.6) is 11.5 Å². The topological polar surface area (TPSA) is 132 Å². The van der Waals surface area contributed by atoms with E-state index in [9.17, 15) is 25.0 Å². The summed E-state index contributed by atoms with van der Waals surface area (Å²) in [6.45, 7) is 2.01. The predicted molar refractivity (Wildman–Crippen MR) is 152 cm³/mol. The van der Waals surface area contributed by atoms with Gasteiger partial charge in [0.2, 0.25) is 0 Å². The number of nitrogens with one attached hydrogen (secondary N) is 1. The normalized spacial score (nSPS) is 11.0. The fourth-order valence-corrected chi connectivity index (χ4v) is 4.38. The van der Waals surface area contributed by atoms with E-state index in [1.165, 1.54) is 18.2 Å².